The molecule has 1 aliphatic rings. The molecule has 0 radical (unpaired) electrons. The van der Waals surface area contributed by atoms with Gasteiger partial charge in [0.2, 0.25) is 0 Å². The molecule has 1 aromatic carbocycles. The van der Waals surface area contributed by atoms with Crippen LogP contribution in [0.4, 0.5) is 0 Å². The van der Waals surface area contributed by atoms with E-state index in [-0.39, 0.29) is 22.6 Å². The highest BCUT2D eigenvalue weighted by Crippen LogP contribution is 2.26. The Morgan fingerprint density at radius 2 is 2.35 bits per heavy atom. The predicted octanol–water partition coefficient (Wildman–Crippen LogP) is 1.52. The van der Waals surface area contributed by atoms with Gasteiger partial charge in [0.25, 0.3) is 5.91 Å². The van der Waals surface area contributed by atoms with Crippen LogP contribution in [0, 0.1) is 5.41 Å². The number of rotatable bonds is 4. The molecule has 0 aliphatic carbocycles. The number of hydrogen-bond donors (Lipinski definition) is 3. The fourth-order valence-electron chi connectivity index (χ4n) is 2.49. The van der Waals surface area contributed by atoms with Gasteiger partial charge in [0, 0.05) is 19.2 Å². The second kappa shape index (κ2) is 6.13. The number of methoxy groups -OCH3 is 1. The first-order valence-electron chi connectivity index (χ1n) is 6.90. The largest absolute Gasteiger partial charge is 0.507 e. The van der Waals surface area contributed by atoms with E-state index in [2.05, 4.69) is 17.6 Å². The van der Waals surface area contributed by atoms with Crippen LogP contribution >= 0.6 is 0 Å². The Labute approximate surface area is 119 Å². The molecule has 110 valence electrons. The second-order valence-corrected chi connectivity index (χ2v) is 5.66. The maximum atomic E-state index is 12.1. The van der Waals surface area contributed by atoms with E-state index in [4.69, 9.17) is 4.74 Å². The van der Waals surface area contributed by atoms with Gasteiger partial charge in [-0.2, -0.15) is 0 Å². The van der Waals surface area contributed by atoms with Crippen LogP contribution in [0.3, 0.4) is 0 Å². The lowest BCUT2D eigenvalue weighted by atomic mass is 9.83. The van der Waals surface area contributed by atoms with E-state index < -0.39 is 0 Å². The third-order valence-electron chi connectivity index (χ3n) is 3.81. The molecule has 1 aromatic rings. The molecule has 1 atom stereocenters. The molecular weight excluding hydrogens is 256 g/mol. The van der Waals surface area contributed by atoms with E-state index in [1.54, 1.807) is 12.1 Å². The van der Waals surface area contributed by atoms with Gasteiger partial charge < -0.3 is 20.5 Å². The zero-order chi connectivity index (χ0) is 14.6. The monoisotopic (exact) mass is 278 g/mol. The van der Waals surface area contributed by atoms with Gasteiger partial charge in [-0.1, -0.05) is 6.92 Å². The van der Waals surface area contributed by atoms with Gasteiger partial charge in [0.1, 0.15) is 11.5 Å². The van der Waals surface area contributed by atoms with Crippen LogP contribution in [-0.2, 0) is 0 Å². The minimum Gasteiger partial charge on any atom is -0.507 e. The fraction of sp³-hybridized carbons (Fsp3) is 0.533. The molecule has 2 rings (SSSR count). The third-order valence-corrected chi connectivity index (χ3v) is 3.81. The number of ether oxygens (including phenoxy) is 1. The van der Waals surface area contributed by atoms with Gasteiger partial charge in [-0.25, -0.2) is 0 Å². The van der Waals surface area contributed by atoms with E-state index in [0.29, 0.717) is 12.3 Å². The number of phenols is 1. The van der Waals surface area contributed by atoms with Crippen LogP contribution in [0.1, 0.15) is 30.1 Å². The van der Waals surface area contributed by atoms with E-state index >= 15 is 0 Å². The Kier molecular flexibility index (Phi) is 4.49. The lowest BCUT2D eigenvalue weighted by Gasteiger charge is -2.34. The molecule has 0 aromatic heterocycles. The van der Waals surface area contributed by atoms with Crippen molar-refractivity contribution in [2.24, 2.45) is 5.41 Å². The number of phenolic OH excluding ortho intramolecular Hbond substituents is 1. The average Bonchev–Trinajstić information content (AvgIpc) is 2.45. The minimum atomic E-state index is -0.253. The molecule has 1 unspecified atom stereocenters. The Morgan fingerprint density at radius 3 is 2.95 bits per heavy atom. The second-order valence-electron chi connectivity index (χ2n) is 5.66. The molecule has 0 bridgehead atoms. The van der Waals surface area contributed by atoms with Crippen molar-refractivity contribution in [2.45, 2.75) is 19.8 Å². The smallest absolute Gasteiger partial charge is 0.255 e. The number of piperidine rings is 1. The first-order chi connectivity index (χ1) is 9.54. The minimum absolute atomic E-state index is 0.0613. The van der Waals surface area contributed by atoms with Crippen molar-refractivity contribution in [3.8, 4) is 11.5 Å². The molecule has 1 heterocycles. The number of amides is 1. The summed E-state index contributed by atoms with van der Waals surface area (Å²) < 4.78 is 5.00. The summed E-state index contributed by atoms with van der Waals surface area (Å²) in [5.74, 6) is 0.216. The van der Waals surface area contributed by atoms with Crippen LogP contribution in [0.2, 0.25) is 0 Å². The molecule has 1 amide bonds. The number of carbonyl (C=O) groups excluding carboxylic acids is 1. The molecule has 0 saturated carbocycles. The van der Waals surface area contributed by atoms with Crippen LogP contribution in [0.25, 0.3) is 0 Å². The quantitative estimate of drug-likeness (QED) is 0.781. The first-order valence-corrected chi connectivity index (χ1v) is 6.90. The van der Waals surface area contributed by atoms with Crippen molar-refractivity contribution in [3.63, 3.8) is 0 Å². The van der Waals surface area contributed by atoms with Gasteiger partial charge in [-0.15, -0.1) is 0 Å². The molecule has 20 heavy (non-hydrogen) atoms. The number of nitrogens with one attached hydrogen (secondary N) is 2. The predicted molar refractivity (Wildman–Crippen MR) is 77.2 cm³/mol. The lowest BCUT2D eigenvalue weighted by Crippen LogP contribution is -2.45. The number of carbonyl (C=O) groups is 1. The topological polar surface area (TPSA) is 70.6 Å². The van der Waals surface area contributed by atoms with Gasteiger partial charge >= 0.3 is 0 Å². The van der Waals surface area contributed by atoms with Gasteiger partial charge in [0.15, 0.2) is 0 Å². The zero-order valence-corrected chi connectivity index (χ0v) is 12.0. The lowest BCUT2D eigenvalue weighted by molar-refractivity contribution is 0.0922. The summed E-state index contributed by atoms with van der Waals surface area (Å²) in [4.78, 5) is 12.1. The molecule has 3 N–H and O–H groups in total. The number of benzene rings is 1. The van der Waals surface area contributed by atoms with E-state index in [1.165, 1.54) is 13.2 Å². The van der Waals surface area contributed by atoms with E-state index in [9.17, 15) is 9.90 Å². The molecular formula is C15H22N2O3. The third kappa shape index (κ3) is 3.42. The Morgan fingerprint density at radius 1 is 1.55 bits per heavy atom. The summed E-state index contributed by atoms with van der Waals surface area (Å²) >= 11 is 0. The van der Waals surface area contributed by atoms with Gasteiger partial charge in [-0.3, -0.25) is 4.79 Å². The van der Waals surface area contributed by atoms with Gasteiger partial charge in [0.05, 0.1) is 12.7 Å². The summed E-state index contributed by atoms with van der Waals surface area (Å²) in [6, 6.07) is 4.68. The zero-order valence-electron chi connectivity index (χ0n) is 12.0. The highest BCUT2D eigenvalue weighted by Gasteiger charge is 2.27. The Hall–Kier alpha value is -1.75. The summed E-state index contributed by atoms with van der Waals surface area (Å²) in [5, 5.41) is 16.1. The maximum absolute atomic E-state index is 12.1. The molecule has 1 aliphatic heterocycles. The Bertz CT molecular complexity index is 482. The van der Waals surface area contributed by atoms with Crippen LogP contribution in [-0.4, -0.2) is 37.8 Å². The first kappa shape index (κ1) is 14.7. The number of aromatic hydroxyl groups is 1. The highest BCUT2D eigenvalue weighted by molar-refractivity contribution is 5.97. The standard InChI is InChI=1S/C15H22N2O3/c1-15(6-3-7-16-9-15)10-17-14(19)12-5-4-11(20-2)8-13(12)18/h4-5,8,16,18H,3,6-7,9-10H2,1-2H3,(H,17,19). The maximum Gasteiger partial charge on any atom is 0.255 e. The summed E-state index contributed by atoms with van der Waals surface area (Å²) in [7, 11) is 1.52. The molecule has 5 nitrogen and oxygen atoms in total. The van der Waals surface area contributed by atoms with Crippen molar-refractivity contribution in [3.05, 3.63) is 23.8 Å². The van der Waals surface area contributed by atoms with Crippen molar-refractivity contribution < 1.29 is 14.6 Å². The van der Waals surface area contributed by atoms with Crippen LogP contribution in [0.15, 0.2) is 18.2 Å². The molecule has 5 heteroatoms. The van der Waals surface area contributed by atoms with Gasteiger partial charge in [-0.05, 0) is 36.9 Å². The van der Waals surface area contributed by atoms with E-state index in [0.717, 1.165) is 25.9 Å². The van der Waals surface area contributed by atoms with Crippen molar-refractivity contribution in [2.75, 3.05) is 26.7 Å². The van der Waals surface area contributed by atoms with Crippen molar-refractivity contribution in [1.82, 2.24) is 10.6 Å². The Balaban J connectivity index is 1.98. The fourth-order valence-corrected chi connectivity index (χ4v) is 2.49. The van der Waals surface area contributed by atoms with Crippen molar-refractivity contribution in [1.29, 1.82) is 0 Å². The average molecular weight is 278 g/mol. The molecule has 1 saturated heterocycles. The van der Waals surface area contributed by atoms with Crippen molar-refractivity contribution >= 4 is 5.91 Å². The van der Waals surface area contributed by atoms with E-state index in [1.807, 2.05) is 0 Å². The normalized spacial score (nSPS) is 22.3. The molecule has 1 fully saturated rings. The molecule has 0 spiro atoms. The SMILES string of the molecule is COc1ccc(C(=O)NCC2(C)CCCNC2)c(O)c1. The summed E-state index contributed by atoms with van der Waals surface area (Å²) in [6.45, 7) is 4.71. The summed E-state index contributed by atoms with van der Waals surface area (Å²) in [6.07, 6.45) is 2.22. The summed E-state index contributed by atoms with van der Waals surface area (Å²) in [5.41, 5.74) is 0.355. The van der Waals surface area contributed by atoms with Crippen LogP contribution < -0.4 is 15.4 Å². The highest BCUT2D eigenvalue weighted by atomic mass is 16.5. The van der Waals surface area contributed by atoms with Crippen LogP contribution in [0.5, 0.6) is 11.5 Å². The number of hydrogen-bond acceptors (Lipinski definition) is 4.